The molecule has 3 heteroatoms. The lowest BCUT2D eigenvalue weighted by atomic mass is 10.3. The van der Waals surface area contributed by atoms with Crippen LogP contribution < -0.4 is 5.32 Å². The van der Waals surface area contributed by atoms with Gasteiger partial charge in [-0.05, 0) is 13.0 Å². The van der Waals surface area contributed by atoms with Crippen molar-refractivity contribution in [1.82, 2.24) is 10.5 Å². The minimum atomic E-state index is 0.727. The lowest BCUT2D eigenvalue weighted by molar-refractivity contribution is 0.373. The molecule has 0 aliphatic carbocycles. The van der Waals surface area contributed by atoms with Gasteiger partial charge in [-0.2, -0.15) is 0 Å². The molecule has 1 aromatic heterocycles. The van der Waals surface area contributed by atoms with E-state index in [2.05, 4.69) is 16.4 Å². The first-order chi connectivity index (χ1) is 5.93. The van der Waals surface area contributed by atoms with Crippen LogP contribution in [0.4, 0.5) is 0 Å². The van der Waals surface area contributed by atoms with Gasteiger partial charge in [0.2, 0.25) is 0 Å². The van der Waals surface area contributed by atoms with E-state index in [0.29, 0.717) is 0 Å². The first-order valence-electron chi connectivity index (χ1n) is 3.97. The van der Waals surface area contributed by atoms with E-state index in [9.17, 15) is 0 Å². The summed E-state index contributed by atoms with van der Waals surface area (Å²) in [6.45, 7) is 1.65. The molecule has 0 fully saturated rings. The van der Waals surface area contributed by atoms with E-state index in [1.54, 1.807) is 6.20 Å². The van der Waals surface area contributed by atoms with Crippen LogP contribution in [0, 0.1) is 12.3 Å². The van der Waals surface area contributed by atoms with E-state index in [-0.39, 0.29) is 0 Å². The second-order valence-corrected chi connectivity index (χ2v) is 2.46. The molecule has 0 saturated heterocycles. The molecule has 1 N–H and O–H groups in total. The van der Waals surface area contributed by atoms with Gasteiger partial charge in [0.15, 0.2) is 0 Å². The number of nitrogens with zero attached hydrogens (tertiary/aromatic N) is 1. The molecule has 0 saturated carbocycles. The smallest absolute Gasteiger partial charge is 0.150 e. The molecular formula is C9H12N2O. The molecule has 0 aliphatic rings. The molecule has 0 radical (unpaired) electrons. The lowest BCUT2D eigenvalue weighted by Crippen LogP contribution is -2.13. The quantitative estimate of drug-likeness (QED) is 0.524. The first kappa shape index (κ1) is 8.82. The zero-order valence-electron chi connectivity index (χ0n) is 6.92. The molecule has 1 aromatic rings. The first-order valence-corrected chi connectivity index (χ1v) is 3.97. The molecular weight excluding hydrogens is 152 g/mol. The highest BCUT2D eigenvalue weighted by Gasteiger charge is 1.94. The maximum absolute atomic E-state index is 5.10. The Bertz CT molecular complexity index is 236. The molecule has 12 heavy (non-hydrogen) atoms. The summed E-state index contributed by atoms with van der Waals surface area (Å²) in [7, 11) is 0. The second kappa shape index (κ2) is 5.39. The molecule has 0 spiro atoms. The monoisotopic (exact) mass is 164 g/mol. The van der Waals surface area contributed by atoms with Crippen LogP contribution in [0.25, 0.3) is 0 Å². The van der Waals surface area contributed by atoms with Crippen LogP contribution in [-0.2, 0) is 6.54 Å². The maximum atomic E-state index is 5.10. The summed E-state index contributed by atoms with van der Waals surface area (Å²) in [6, 6.07) is 1.84. The van der Waals surface area contributed by atoms with E-state index in [1.165, 1.54) is 0 Å². The summed E-state index contributed by atoms with van der Waals surface area (Å²) < 4.78 is 4.89. The summed E-state index contributed by atoms with van der Waals surface area (Å²) in [5.41, 5.74) is 0. The Balaban J connectivity index is 2.01. The zero-order chi connectivity index (χ0) is 8.65. The minimum Gasteiger partial charge on any atom is -0.360 e. The van der Waals surface area contributed by atoms with Gasteiger partial charge in [0, 0.05) is 12.5 Å². The number of rotatable bonds is 5. The Morgan fingerprint density at radius 3 is 3.25 bits per heavy atom. The van der Waals surface area contributed by atoms with Crippen LogP contribution in [0.3, 0.4) is 0 Å². The van der Waals surface area contributed by atoms with Crippen molar-refractivity contribution >= 4 is 0 Å². The van der Waals surface area contributed by atoms with Gasteiger partial charge in [0.05, 0.1) is 12.7 Å². The standard InChI is InChI=1S/C9H12N2O/c1-2-3-4-6-10-8-9-5-7-11-12-9/h1,5,7,10H,3-4,6,8H2. The minimum absolute atomic E-state index is 0.727. The van der Waals surface area contributed by atoms with Crippen molar-refractivity contribution in [3.8, 4) is 12.3 Å². The van der Waals surface area contributed by atoms with Crippen LogP contribution in [0.1, 0.15) is 18.6 Å². The molecule has 0 amide bonds. The normalized spacial score (nSPS) is 9.58. The van der Waals surface area contributed by atoms with Crippen molar-refractivity contribution in [2.75, 3.05) is 6.54 Å². The van der Waals surface area contributed by atoms with Crippen molar-refractivity contribution in [3.63, 3.8) is 0 Å². The molecule has 0 atom stereocenters. The predicted octanol–water partition coefficient (Wildman–Crippen LogP) is 1.18. The molecule has 0 aliphatic heterocycles. The van der Waals surface area contributed by atoms with Gasteiger partial charge in [-0.15, -0.1) is 12.3 Å². The Hall–Kier alpha value is -1.27. The third-order valence-electron chi connectivity index (χ3n) is 1.47. The third-order valence-corrected chi connectivity index (χ3v) is 1.47. The van der Waals surface area contributed by atoms with Crippen LogP contribution in [0.2, 0.25) is 0 Å². The topological polar surface area (TPSA) is 38.1 Å². The van der Waals surface area contributed by atoms with Crippen molar-refractivity contribution < 1.29 is 4.52 Å². The fraction of sp³-hybridized carbons (Fsp3) is 0.444. The van der Waals surface area contributed by atoms with Crippen LogP contribution >= 0.6 is 0 Å². The van der Waals surface area contributed by atoms with E-state index in [1.807, 2.05) is 6.07 Å². The number of hydrogen-bond acceptors (Lipinski definition) is 3. The van der Waals surface area contributed by atoms with Gasteiger partial charge in [0.1, 0.15) is 5.76 Å². The van der Waals surface area contributed by atoms with Crippen LogP contribution in [-0.4, -0.2) is 11.7 Å². The number of nitrogens with one attached hydrogen (secondary N) is 1. The number of aromatic nitrogens is 1. The number of terminal acetylenes is 1. The molecule has 0 aromatic carbocycles. The van der Waals surface area contributed by atoms with Gasteiger partial charge < -0.3 is 9.84 Å². The average Bonchev–Trinajstić information content (AvgIpc) is 2.57. The van der Waals surface area contributed by atoms with E-state index < -0.39 is 0 Å². The van der Waals surface area contributed by atoms with E-state index in [4.69, 9.17) is 10.9 Å². The highest BCUT2D eigenvalue weighted by molar-refractivity contribution is 4.91. The maximum Gasteiger partial charge on any atom is 0.150 e. The number of hydrogen-bond donors (Lipinski definition) is 1. The third kappa shape index (κ3) is 3.22. The molecule has 1 heterocycles. The van der Waals surface area contributed by atoms with Gasteiger partial charge in [-0.1, -0.05) is 5.16 Å². The van der Waals surface area contributed by atoms with E-state index >= 15 is 0 Å². The zero-order valence-corrected chi connectivity index (χ0v) is 6.92. The summed E-state index contributed by atoms with van der Waals surface area (Å²) in [4.78, 5) is 0. The number of unbranched alkanes of at least 4 members (excludes halogenated alkanes) is 1. The Morgan fingerprint density at radius 2 is 2.58 bits per heavy atom. The Labute approximate surface area is 72.1 Å². The fourth-order valence-electron chi connectivity index (χ4n) is 0.860. The Morgan fingerprint density at radius 1 is 1.67 bits per heavy atom. The van der Waals surface area contributed by atoms with Gasteiger partial charge in [-0.3, -0.25) is 0 Å². The van der Waals surface area contributed by atoms with Crippen molar-refractivity contribution in [3.05, 3.63) is 18.0 Å². The molecule has 64 valence electrons. The van der Waals surface area contributed by atoms with Crippen molar-refractivity contribution in [2.24, 2.45) is 0 Å². The fourth-order valence-corrected chi connectivity index (χ4v) is 0.860. The predicted molar refractivity (Wildman–Crippen MR) is 46.3 cm³/mol. The van der Waals surface area contributed by atoms with Crippen molar-refractivity contribution in [1.29, 1.82) is 0 Å². The molecule has 3 nitrogen and oxygen atoms in total. The van der Waals surface area contributed by atoms with Gasteiger partial charge in [0.25, 0.3) is 0 Å². The summed E-state index contributed by atoms with van der Waals surface area (Å²) in [5.74, 6) is 3.44. The van der Waals surface area contributed by atoms with Gasteiger partial charge >= 0.3 is 0 Å². The highest BCUT2D eigenvalue weighted by Crippen LogP contribution is 1.94. The van der Waals surface area contributed by atoms with Crippen LogP contribution in [0.5, 0.6) is 0 Å². The van der Waals surface area contributed by atoms with Gasteiger partial charge in [-0.25, -0.2) is 0 Å². The average molecular weight is 164 g/mol. The molecule has 0 bridgehead atoms. The second-order valence-electron chi connectivity index (χ2n) is 2.46. The van der Waals surface area contributed by atoms with Crippen LogP contribution in [0.15, 0.2) is 16.8 Å². The van der Waals surface area contributed by atoms with E-state index in [0.717, 1.165) is 31.7 Å². The largest absolute Gasteiger partial charge is 0.360 e. The molecule has 1 rings (SSSR count). The Kier molecular flexibility index (Phi) is 3.96. The lowest BCUT2D eigenvalue weighted by Gasteiger charge is -1.98. The summed E-state index contributed by atoms with van der Waals surface area (Å²) in [5, 5.41) is 6.78. The SMILES string of the molecule is C#CCCCNCc1ccno1. The molecule has 0 unspecified atom stereocenters. The van der Waals surface area contributed by atoms with Crippen molar-refractivity contribution in [2.45, 2.75) is 19.4 Å². The summed E-state index contributed by atoms with van der Waals surface area (Å²) >= 11 is 0. The summed E-state index contributed by atoms with van der Waals surface area (Å²) in [6.07, 6.45) is 8.56. The highest BCUT2D eigenvalue weighted by atomic mass is 16.5.